The third kappa shape index (κ3) is 4.88. The van der Waals surface area contributed by atoms with Crippen LogP contribution < -0.4 is 10.9 Å². The van der Waals surface area contributed by atoms with E-state index < -0.39 is 0 Å². The van der Waals surface area contributed by atoms with E-state index in [1.807, 2.05) is 6.92 Å². The maximum absolute atomic E-state index is 12.7. The predicted molar refractivity (Wildman–Crippen MR) is 113 cm³/mol. The molecule has 150 valence electrons. The molecule has 1 aromatic carbocycles. The Balaban J connectivity index is 1.73. The molecule has 0 bridgehead atoms. The fraction of sp³-hybridized carbons (Fsp3) is 0.500. The fourth-order valence-corrected chi connectivity index (χ4v) is 4.20. The van der Waals surface area contributed by atoms with Gasteiger partial charge < -0.3 is 5.32 Å². The lowest BCUT2D eigenvalue weighted by Crippen LogP contribution is -2.44. The van der Waals surface area contributed by atoms with Gasteiger partial charge in [-0.3, -0.25) is 19.0 Å². The molecule has 0 saturated carbocycles. The molecule has 0 radical (unpaired) electrons. The van der Waals surface area contributed by atoms with Crippen LogP contribution in [0.15, 0.2) is 27.7 Å². The molecule has 28 heavy (non-hydrogen) atoms. The Labute approximate surface area is 176 Å². The molecule has 0 unspecified atom stereocenters. The minimum atomic E-state index is -0.290. The number of aromatic nitrogens is 2. The van der Waals surface area contributed by atoms with Crippen LogP contribution in [0.5, 0.6) is 0 Å². The van der Waals surface area contributed by atoms with Gasteiger partial charge in [-0.05, 0) is 53.4 Å². The van der Waals surface area contributed by atoms with Gasteiger partial charge in [0.1, 0.15) is 5.78 Å². The number of Topliss-reactive ketones (excluding diaryl/α,β-unsaturated/α-hetero) is 2. The van der Waals surface area contributed by atoms with E-state index >= 15 is 0 Å². The highest BCUT2D eigenvalue weighted by Crippen LogP contribution is 2.26. The lowest BCUT2D eigenvalue weighted by molar-refractivity contribution is -0.123. The third-order valence-electron chi connectivity index (χ3n) is 5.27. The van der Waals surface area contributed by atoms with E-state index in [2.05, 4.69) is 26.2 Å². The molecule has 2 aromatic rings. The summed E-state index contributed by atoms with van der Waals surface area (Å²) in [7, 11) is 0. The minimum absolute atomic E-state index is 0.0220. The Morgan fingerprint density at radius 2 is 2.11 bits per heavy atom. The molecule has 0 aliphatic carbocycles. The summed E-state index contributed by atoms with van der Waals surface area (Å²) in [6, 6.07) is 3.23. The number of carbonyl (C=O) groups is 2. The van der Waals surface area contributed by atoms with E-state index in [1.54, 1.807) is 12.1 Å². The van der Waals surface area contributed by atoms with Crippen LogP contribution in [0.1, 0.15) is 39.0 Å². The Hall–Kier alpha value is -1.57. The van der Waals surface area contributed by atoms with Crippen LogP contribution in [0.2, 0.25) is 5.02 Å². The van der Waals surface area contributed by atoms with E-state index in [4.69, 9.17) is 11.6 Å². The zero-order valence-corrected chi connectivity index (χ0v) is 18.1. The first kappa shape index (κ1) is 21.1. The monoisotopic (exact) mass is 467 g/mol. The van der Waals surface area contributed by atoms with Gasteiger partial charge in [0.2, 0.25) is 0 Å². The largest absolute Gasteiger partial charge is 0.313 e. The maximum Gasteiger partial charge on any atom is 0.261 e. The number of carbonyl (C=O) groups excluding carboxylic acids is 2. The van der Waals surface area contributed by atoms with E-state index in [1.165, 1.54) is 10.9 Å². The highest BCUT2D eigenvalue weighted by molar-refractivity contribution is 9.10. The van der Waals surface area contributed by atoms with Crippen molar-refractivity contribution in [2.45, 2.75) is 51.6 Å². The number of halogens is 2. The fourth-order valence-electron chi connectivity index (χ4n) is 3.71. The smallest absolute Gasteiger partial charge is 0.261 e. The van der Waals surface area contributed by atoms with Gasteiger partial charge in [-0.1, -0.05) is 18.5 Å². The highest BCUT2D eigenvalue weighted by Gasteiger charge is 2.28. The van der Waals surface area contributed by atoms with Gasteiger partial charge in [0.05, 0.1) is 28.8 Å². The van der Waals surface area contributed by atoms with Crippen LogP contribution in [0.3, 0.4) is 0 Å². The molecular weight excluding hydrogens is 446 g/mol. The molecule has 2 atom stereocenters. The van der Waals surface area contributed by atoms with E-state index in [0.29, 0.717) is 39.7 Å². The molecule has 1 fully saturated rings. The molecule has 1 aromatic heterocycles. The van der Waals surface area contributed by atoms with Crippen molar-refractivity contribution in [3.63, 3.8) is 0 Å². The minimum Gasteiger partial charge on any atom is -0.313 e. The van der Waals surface area contributed by atoms with Crippen molar-refractivity contribution in [3.8, 4) is 0 Å². The van der Waals surface area contributed by atoms with Crippen LogP contribution in [0.4, 0.5) is 0 Å². The van der Waals surface area contributed by atoms with Gasteiger partial charge in [0.15, 0.2) is 5.78 Å². The molecule has 1 saturated heterocycles. The average Bonchev–Trinajstić information content (AvgIpc) is 2.67. The van der Waals surface area contributed by atoms with Crippen LogP contribution in [-0.4, -0.2) is 33.7 Å². The summed E-state index contributed by atoms with van der Waals surface area (Å²) in [4.78, 5) is 41.5. The van der Waals surface area contributed by atoms with Crippen LogP contribution in [-0.2, 0) is 16.1 Å². The lowest BCUT2D eigenvalue weighted by atomic mass is 9.84. The summed E-state index contributed by atoms with van der Waals surface area (Å²) in [6.45, 7) is 2.67. The molecule has 1 N–H and O–H groups in total. The van der Waals surface area contributed by atoms with Gasteiger partial charge in [-0.15, -0.1) is 0 Å². The number of hydrogen-bond acceptors (Lipinski definition) is 5. The van der Waals surface area contributed by atoms with Gasteiger partial charge in [0.25, 0.3) is 5.56 Å². The quantitative estimate of drug-likeness (QED) is 0.672. The van der Waals surface area contributed by atoms with Crippen LogP contribution >= 0.6 is 27.5 Å². The standard InChI is InChI=1S/C20H23BrClN3O3/c1-2-13(26)6-12-4-3-5-23-18(12)7-14(27)10-25-11-24-19-9-16(21)17(22)8-15(19)20(25)28/h8-9,11-12,18,23H,2-7,10H2,1H3/t12-,18-/m0/s1. The first-order chi connectivity index (χ1) is 13.4. The van der Waals surface area contributed by atoms with Crippen molar-refractivity contribution in [1.82, 2.24) is 14.9 Å². The summed E-state index contributed by atoms with van der Waals surface area (Å²) in [6.07, 6.45) is 4.68. The summed E-state index contributed by atoms with van der Waals surface area (Å²) in [5, 5.41) is 4.18. The molecule has 1 aliphatic heterocycles. The molecule has 8 heteroatoms. The molecule has 2 heterocycles. The van der Waals surface area contributed by atoms with Crippen LogP contribution in [0, 0.1) is 5.92 Å². The van der Waals surface area contributed by atoms with Crippen molar-refractivity contribution in [2.75, 3.05) is 6.54 Å². The normalized spacial score (nSPS) is 19.7. The Morgan fingerprint density at radius 3 is 2.86 bits per heavy atom. The summed E-state index contributed by atoms with van der Waals surface area (Å²) in [5.74, 6) is 0.344. The highest BCUT2D eigenvalue weighted by atomic mass is 79.9. The number of nitrogens with one attached hydrogen (secondary N) is 1. The number of rotatable bonds is 7. The number of fused-ring (bicyclic) bond motifs is 1. The number of piperidine rings is 1. The van der Waals surface area contributed by atoms with Gasteiger partial charge in [-0.25, -0.2) is 4.98 Å². The summed E-state index contributed by atoms with van der Waals surface area (Å²) in [5.41, 5.74) is 0.235. The number of hydrogen-bond donors (Lipinski definition) is 1. The zero-order chi connectivity index (χ0) is 20.3. The van der Waals surface area contributed by atoms with Crippen molar-refractivity contribution in [2.24, 2.45) is 5.92 Å². The first-order valence-corrected chi connectivity index (χ1v) is 10.7. The topological polar surface area (TPSA) is 81.1 Å². The molecule has 0 spiro atoms. The first-order valence-electron chi connectivity index (χ1n) is 9.50. The van der Waals surface area contributed by atoms with E-state index in [-0.39, 0.29) is 35.6 Å². The third-order valence-corrected chi connectivity index (χ3v) is 6.47. The molecule has 1 aliphatic rings. The Kier molecular flexibility index (Phi) is 7.01. The van der Waals surface area contributed by atoms with Gasteiger partial charge in [0, 0.05) is 29.8 Å². The molecular formula is C20H23BrClN3O3. The van der Waals surface area contributed by atoms with Crippen molar-refractivity contribution < 1.29 is 9.59 Å². The summed E-state index contributed by atoms with van der Waals surface area (Å²) < 4.78 is 1.99. The second-order valence-corrected chi connectivity index (χ2v) is 8.52. The lowest BCUT2D eigenvalue weighted by Gasteiger charge is -2.32. The number of ketones is 2. The second kappa shape index (κ2) is 9.29. The second-order valence-electron chi connectivity index (χ2n) is 7.26. The molecule has 3 rings (SSSR count). The predicted octanol–water partition coefficient (Wildman–Crippen LogP) is 3.51. The van der Waals surface area contributed by atoms with E-state index in [0.717, 1.165) is 19.4 Å². The Bertz CT molecular complexity index is 960. The summed E-state index contributed by atoms with van der Waals surface area (Å²) >= 11 is 9.41. The van der Waals surface area contributed by atoms with Crippen molar-refractivity contribution in [3.05, 3.63) is 38.3 Å². The van der Waals surface area contributed by atoms with Gasteiger partial charge in [-0.2, -0.15) is 0 Å². The van der Waals surface area contributed by atoms with Crippen LogP contribution in [0.25, 0.3) is 10.9 Å². The number of nitrogens with zero attached hydrogens (tertiary/aromatic N) is 2. The Morgan fingerprint density at radius 1 is 1.32 bits per heavy atom. The SMILES string of the molecule is CCC(=O)C[C@@H]1CCCN[C@H]1CC(=O)Cn1cnc2cc(Br)c(Cl)cc2c1=O. The van der Waals surface area contributed by atoms with E-state index in [9.17, 15) is 14.4 Å². The van der Waals surface area contributed by atoms with Crippen molar-refractivity contribution >= 4 is 50.0 Å². The zero-order valence-electron chi connectivity index (χ0n) is 15.7. The number of benzene rings is 1. The molecule has 0 amide bonds. The van der Waals surface area contributed by atoms with Crippen molar-refractivity contribution in [1.29, 1.82) is 0 Å². The van der Waals surface area contributed by atoms with Gasteiger partial charge >= 0.3 is 0 Å². The maximum atomic E-state index is 12.7. The molecule has 6 nitrogen and oxygen atoms in total. The average molecular weight is 469 g/mol.